The number of hydrogen-bond acceptors (Lipinski definition) is 1. The van der Waals surface area contributed by atoms with E-state index in [0.29, 0.717) is 0 Å². The molecule has 18 heavy (non-hydrogen) atoms. The summed E-state index contributed by atoms with van der Waals surface area (Å²) in [6.07, 6.45) is -10.4. The number of rotatable bonds is 1. The highest BCUT2D eigenvalue weighted by molar-refractivity contribution is 6.31. The molecule has 0 aromatic heterocycles. The number of ketones is 1. The topological polar surface area (TPSA) is 17.1 Å². The van der Waals surface area contributed by atoms with Crippen molar-refractivity contribution in [3.8, 4) is 0 Å². The van der Waals surface area contributed by atoms with Crippen LogP contribution in [-0.4, -0.2) is 12.0 Å². The van der Waals surface area contributed by atoms with Gasteiger partial charge in [0.05, 0.1) is 16.1 Å². The molecule has 0 heterocycles. The van der Waals surface area contributed by atoms with Gasteiger partial charge in [0.1, 0.15) is 5.82 Å². The van der Waals surface area contributed by atoms with E-state index in [-0.39, 0.29) is 12.1 Å². The van der Waals surface area contributed by atoms with E-state index in [2.05, 4.69) is 0 Å². The van der Waals surface area contributed by atoms with Gasteiger partial charge in [-0.3, -0.25) is 4.79 Å². The van der Waals surface area contributed by atoms with Gasteiger partial charge in [0.2, 0.25) is 0 Å². The molecule has 1 nitrogen and oxygen atoms in total. The van der Waals surface area contributed by atoms with Crippen LogP contribution in [0.15, 0.2) is 12.1 Å². The maximum Gasteiger partial charge on any atom is 0.454 e. The molecule has 0 saturated carbocycles. The van der Waals surface area contributed by atoms with Gasteiger partial charge in [0, 0.05) is 0 Å². The number of Topliss-reactive ketones (excluding diaryl/α,β-unsaturated/α-hetero) is 1. The molecule has 0 bridgehead atoms. The molecule has 0 spiro atoms. The summed E-state index contributed by atoms with van der Waals surface area (Å²) in [6, 6.07) is -0.239. The quantitative estimate of drug-likeness (QED) is 0.559. The van der Waals surface area contributed by atoms with Gasteiger partial charge in [0.25, 0.3) is 5.78 Å². The first-order valence-corrected chi connectivity index (χ1v) is 4.50. The molecule has 0 aliphatic carbocycles. The van der Waals surface area contributed by atoms with E-state index in [9.17, 15) is 35.5 Å². The SMILES string of the molecule is O=C(c1cc(Cl)c(C(F)(F)F)cc1F)C(F)(F)F. The summed E-state index contributed by atoms with van der Waals surface area (Å²) < 4.78 is 85.8. The molecule has 1 aromatic rings. The van der Waals surface area contributed by atoms with Gasteiger partial charge in [-0.2, -0.15) is 26.3 Å². The second kappa shape index (κ2) is 4.42. The zero-order chi connectivity index (χ0) is 14.3. The van der Waals surface area contributed by atoms with Crippen molar-refractivity contribution >= 4 is 17.4 Å². The largest absolute Gasteiger partial charge is 0.454 e. The van der Waals surface area contributed by atoms with Crippen LogP contribution in [0.1, 0.15) is 15.9 Å². The minimum absolute atomic E-state index is 0.00946. The van der Waals surface area contributed by atoms with E-state index in [1.54, 1.807) is 0 Å². The van der Waals surface area contributed by atoms with Crippen LogP contribution < -0.4 is 0 Å². The molecule has 0 N–H and O–H groups in total. The van der Waals surface area contributed by atoms with Crippen LogP contribution in [0, 0.1) is 5.82 Å². The highest BCUT2D eigenvalue weighted by Crippen LogP contribution is 2.37. The van der Waals surface area contributed by atoms with Crippen molar-refractivity contribution in [1.82, 2.24) is 0 Å². The van der Waals surface area contributed by atoms with Crippen molar-refractivity contribution in [2.75, 3.05) is 0 Å². The first-order chi connectivity index (χ1) is 7.94. The molecule has 0 fully saturated rings. The van der Waals surface area contributed by atoms with Crippen molar-refractivity contribution < 1.29 is 35.5 Å². The maximum absolute atomic E-state index is 13.1. The Balaban J connectivity index is 3.37. The maximum atomic E-state index is 13.1. The lowest BCUT2D eigenvalue weighted by Gasteiger charge is -2.12. The van der Waals surface area contributed by atoms with Crippen molar-refractivity contribution in [2.45, 2.75) is 12.4 Å². The Kier molecular flexibility index (Phi) is 3.62. The Bertz CT molecular complexity index is 489. The first kappa shape index (κ1) is 14.7. The van der Waals surface area contributed by atoms with Crippen molar-refractivity contribution in [1.29, 1.82) is 0 Å². The Labute approximate surface area is 100 Å². The van der Waals surface area contributed by atoms with Crippen molar-refractivity contribution in [3.63, 3.8) is 0 Å². The van der Waals surface area contributed by atoms with Crippen molar-refractivity contribution in [2.24, 2.45) is 0 Å². The zero-order valence-electron chi connectivity index (χ0n) is 8.09. The third-order valence-corrected chi connectivity index (χ3v) is 2.18. The molecule has 0 saturated heterocycles. The van der Waals surface area contributed by atoms with Crippen LogP contribution in [0.5, 0.6) is 0 Å². The second-order valence-corrected chi connectivity index (χ2v) is 3.54. The number of halogens is 8. The summed E-state index contributed by atoms with van der Waals surface area (Å²) >= 11 is 5.07. The van der Waals surface area contributed by atoms with Crippen LogP contribution >= 0.6 is 11.6 Å². The van der Waals surface area contributed by atoms with Gasteiger partial charge in [-0.05, 0) is 12.1 Å². The molecule has 0 amide bonds. The Morgan fingerprint density at radius 2 is 1.56 bits per heavy atom. The molecule has 9 heteroatoms. The lowest BCUT2D eigenvalue weighted by Crippen LogP contribution is -2.24. The van der Waals surface area contributed by atoms with E-state index in [1.807, 2.05) is 0 Å². The Hall–Kier alpha value is -1.31. The smallest absolute Gasteiger partial charge is 0.284 e. The summed E-state index contributed by atoms with van der Waals surface area (Å²) in [5.41, 5.74) is -3.21. The van der Waals surface area contributed by atoms with Gasteiger partial charge in [0.15, 0.2) is 0 Å². The Morgan fingerprint density at radius 1 is 1.06 bits per heavy atom. The third kappa shape index (κ3) is 2.92. The number of hydrogen-bond donors (Lipinski definition) is 0. The molecular formula is C9H2ClF7O. The second-order valence-electron chi connectivity index (χ2n) is 3.14. The van der Waals surface area contributed by atoms with E-state index < -0.39 is 40.1 Å². The average Bonchev–Trinajstić information content (AvgIpc) is 2.16. The van der Waals surface area contributed by atoms with Crippen LogP contribution in [-0.2, 0) is 6.18 Å². The number of carbonyl (C=O) groups is 1. The molecule has 1 rings (SSSR count). The van der Waals surface area contributed by atoms with Crippen molar-refractivity contribution in [3.05, 3.63) is 34.1 Å². The summed E-state index contributed by atoms with van der Waals surface area (Å²) in [5.74, 6) is -4.54. The van der Waals surface area contributed by atoms with Gasteiger partial charge in [-0.15, -0.1) is 0 Å². The fraction of sp³-hybridized carbons (Fsp3) is 0.222. The lowest BCUT2D eigenvalue weighted by molar-refractivity contribution is -0.137. The normalized spacial score (nSPS) is 12.7. The molecule has 0 aliphatic heterocycles. The molecule has 100 valence electrons. The minimum Gasteiger partial charge on any atom is -0.284 e. The van der Waals surface area contributed by atoms with E-state index in [4.69, 9.17) is 11.6 Å². The fourth-order valence-electron chi connectivity index (χ4n) is 1.09. The summed E-state index contributed by atoms with van der Waals surface area (Å²) in [7, 11) is 0. The van der Waals surface area contributed by atoms with Gasteiger partial charge >= 0.3 is 12.4 Å². The van der Waals surface area contributed by atoms with E-state index in [1.165, 1.54) is 0 Å². The molecule has 1 aromatic carbocycles. The molecule has 0 radical (unpaired) electrons. The highest BCUT2D eigenvalue weighted by atomic mass is 35.5. The third-order valence-electron chi connectivity index (χ3n) is 1.86. The van der Waals surface area contributed by atoms with Gasteiger partial charge < -0.3 is 0 Å². The molecule has 0 aliphatic rings. The summed E-state index contributed by atoms with van der Waals surface area (Å²) in [5, 5.41) is -1.18. The van der Waals surface area contributed by atoms with Crippen LogP contribution in [0.3, 0.4) is 0 Å². The van der Waals surface area contributed by atoms with Gasteiger partial charge in [-0.25, -0.2) is 4.39 Å². The van der Waals surface area contributed by atoms with Crippen LogP contribution in [0.25, 0.3) is 0 Å². The van der Waals surface area contributed by atoms with Gasteiger partial charge in [-0.1, -0.05) is 11.6 Å². The standard InChI is InChI=1S/C9H2ClF7O/c10-5-1-3(7(18)9(15,16)17)6(11)2-4(5)8(12,13)14/h1-2H. The van der Waals surface area contributed by atoms with E-state index >= 15 is 0 Å². The average molecular weight is 295 g/mol. The fourth-order valence-corrected chi connectivity index (χ4v) is 1.36. The number of alkyl halides is 6. The molecular weight excluding hydrogens is 293 g/mol. The monoisotopic (exact) mass is 294 g/mol. The van der Waals surface area contributed by atoms with E-state index in [0.717, 1.165) is 0 Å². The molecule has 0 atom stereocenters. The predicted molar refractivity (Wildman–Crippen MR) is 46.8 cm³/mol. The number of carbonyl (C=O) groups excluding carboxylic acids is 1. The first-order valence-electron chi connectivity index (χ1n) is 4.12. The minimum atomic E-state index is -5.40. The lowest BCUT2D eigenvalue weighted by atomic mass is 10.1. The molecule has 0 unspecified atom stereocenters. The van der Waals surface area contributed by atoms with Crippen LogP contribution in [0.4, 0.5) is 30.7 Å². The predicted octanol–water partition coefficient (Wildman–Crippen LogP) is 4.24. The summed E-state index contributed by atoms with van der Waals surface area (Å²) in [4.78, 5) is 10.7. The van der Waals surface area contributed by atoms with Crippen LogP contribution in [0.2, 0.25) is 5.02 Å². The zero-order valence-corrected chi connectivity index (χ0v) is 8.84. The summed E-state index contributed by atoms with van der Waals surface area (Å²) in [6.45, 7) is 0. The number of benzene rings is 1. The Morgan fingerprint density at radius 3 is 1.94 bits per heavy atom. The highest BCUT2D eigenvalue weighted by Gasteiger charge is 2.42.